The van der Waals surface area contributed by atoms with E-state index in [4.69, 9.17) is 0 Å². The van der Waals surface area contributed by atoms with Crippen LogP contribution in [0.15, 0.2) is 41.4 Å². The Morgan fingerprint density at radius 1 is 1.28 bits per heavy atom. The number of thiazole rings is 1. The number of rotatable bonds is 4. The quantitative estimate of drug-likeness (QED) is 0.671. The number of hydrogen-bond acceptors (Lipinski definition) is 3. The third kappa shape index (κ3) is 3.70. The van der Waals surface area contributed by atoms with Crippen LogP contribution >= 0.6 is 23.1 Å². The number of fused-ring (bicyclic) bond motifs is 1. The molecule has 1 heterocycles. The van der Waals surface area contributed by atoms with Gasteiger partial charge in [0, 0.05) is 12.3 Å². The molecule has 1 aromatic heterocycles. The van der Waals surface area contributed by atoms with Crippen molar-refractivity contribution in [3.05, 3.63) is 63.7 Å². The Labute approximate surface area is 154 Å². The molecule has 0 aliphatic carbocycles. The van der Waals surface area contributed by atoms with Crippen molar-refractivity contribution < 1.29 is 9.18 Å². The van der Waals surface area contributed by atoms with E-state index in [1.54, 1.807) is 23.9 Å². The molecule has 0 unspecified atom stereocenters. The maximum Gasteiger partial charge on any atom is 0.282 e. The minimum atomic E-state index is -0.545. The van der Waals surface area contributed by atoms with Gasteiger partial charge in [0.15, 0.2) is 4.80 Å². The van der Waals surface area contributed by atoms with Crippen LogP contribution in [0.1, 0.15) is 21.5 Å². The number of aromatic nitrogens is 1. The van der Waals surface area contributed by atoms with E-state index in [2.05, 4.69) is 35.5 Å². The lowest BCUT2D eigenvalue weighted by Crippen LogP contribution is -2.18. The van der Waals surface area contributed by atoms with Gasteiger partial charge in [-0.2, -0.15) is 16.8 Å². The Bertz CT molecular complexity index is 1000. The highest BCUT2D eigenvalue weighted by Crippen LogP contribution is 2.24. The van der Waals surface area contributed by atoms with Crippen LogP contribution in [-0.2, 0) is 6.54 Å². The molecule has 0 atom stereocenters. The summed E-state index contributed by atoms with van der Waals surface area (Å²) in [4.78, 5) is 17.3. The fraction of sp³-hybridized carbons (Fsp3) is 0.263. The topological polar surface area (TPSA) is 34.4 Å². The van der Waals surface area contributed by atoms with E-state index in [0.29, 0.717) is 4.80 Å². The van der Waals surface area contributed by atoms with E-state index in [1.165, 1.54) is 29.0 Å². The van der Waals surface area contributed by atoms with E-state index >= 15 is 0 Å². The molecular formula is C19H19FN2OS2. The highest BCUT2D eigenvalue weighted by Gasteiger charge is 2.13. The van der Waals surface area contributed by atoms with Crippen LogP contribution in [0.25, 0.3) is 10.2 Å². The summed E-state index contributed by atoms with van der Waals surface area (Å²) in [6.07, 6.45) is 2.05. The summed E-state index contributed by atoms with van der Waals surface area (Å²) in [5, 5.41) is 0. The summed E-state index contributed by atoms with van der Waals surface area (Å²) < 4.78 is 17.1. The molecular weight excluding hydrogens is 355 g/mol. The summed E-state index contributed by atoms with van der Waals surface area (Å²) in [7, 11) is 0. The largest absolute Gasteiger partial charge is 0.315 e. The second-order valence-corrected chi connectivity index (χ2v) is 7.82. The molecule has 0 aliphatic rings. The zero-order chi connectivity index (χ0) is 18.0. The Kier molecular flexibility index (Phi) is 5.39. The van der Waals surface area contributed by atoms with Gasteiger partial charge in [0.2, 0.25) is 0 Å². The first-order chi connectivity index (χ1) is 12.0. The second kappa shape index (κ2) is 7.54. The number of benzene rings is 2. The second-order valence-electron chi connectivity index (χ2n) is 5.86. The standard InChI is InChI=1S/C19H19FN2OS2/c1-12-10-13(2)17-16(11-12)22(8-9-24-3)19(25-17)21-18(23)14-6-4-5-7-15(14)20/h4-7,10-11H,8-9H2,1-3H3. The van der Waals surface area contributed by atoms with Crippen molar-refractivity contribution >= 4 is 39.2 Å². The van der Waals surface area contributed by atoms with Crippen LogP contribution < -0.4 is 4.80 Å². The highest BCUT2D eigenvalue weighted by molar-refractivity contribution is 7.98. The lowest BCUT2D eigenvalue weighted by molar-refractivity contribution is 0.0994. The fourth-order valence-electron chi connectivity index (χ4n) is 2.78. The predicted octanol–water partition coefficient (Wildman–Crippen LogP) is 4.56. The van der Waals surface area contributed by atoms with Gasteiger partial charge in [0.1, 0.15) is 5.82 Å². The fourth-order valence-corrected chi connectivity index (χ4v) is 4.25. The zero-order valence-electron chi connectivity index (χ0n) is 14.4. The van der Waals surface area contributed by atoms with Crippen molar-refractivity contribution in [3.63, 3.8) is 0 Å². The number of aryl methyl sites for hydroxylation is 3. The molecule has 0 bridgehead atoms. The minimum absolute atomic E-state index is 0.00396. The van der Waals surface area contributed by atoms with Gasteiger partial charge in [-0.1, -0.05) is 29.5 Å². The maximum atomic E-state index is 13.9. The molecule has 6 heteroatoms. The van der Waals surface area contributed by atoms with E-state index in [0.717, 1.165) is 28.1 Å². The van der Waals surface area contributed by atoms with Gasteiger partial charge in [-0.05, 0) is 49.4 Å². The van der Waals surface area contributed by atoms with E-state index in [-0.39, 0.29) is 5.56 Å². The number of halogens is 1. The molecule has 3 nitrogen and oxygen atoms in total. The molecule has 2 aromatic carbocycles. The van der Waals surface area contributed by atoms with E-state index < -0.39 is 11.7 Å². The average molecular weight is 375 g/mol. The highest BCUT2D eigenvalue weighted by atomic mass is 32.2. The summed E-state index contributed by atoms with van der Waals surface area (Å²) in [5.74, 6) is -0.170. The SMILES string of the molecule is CSCCn1c(=NC(=O)c2ccccc2F)sc2c(C)cc(C)cc21. The van der Waals surface area contributed by atoms with Crippen LogP contribution in [-0.4, -0.2) is 22.5 Å². The normalized spacial score (nSPS) is 12.1. The van der Waals surface area contributed by atoms with Crippen molar-refractivity contribution in [2.45, 2.75) is 20.4 Å². The third-order valence-corrected chi connectivity index (χ3v) is 5.76. The molecule has 0 fully saturated rings. The van der Waals surface area contributed by atoms with Crippen LogP contribution in [0.2, 0.25) is 0 Å². The number of carbonyl (C=O) groups excluding carboxylic acids is 1. The first kappa shape index (κ1) is 17.9. The Hall–Kier alpha value is -1.92. The summed E-state index contributed by atoms with van der Waals surface area (Å²) >= 11 is 3.22. The molecule has 0 aliphatic heterocycles. The molecule has 0 N–H and O–H groups in total. The number of hydrogen-bond donors (Lipinski definition) is 0. The van der Waals surface area contributed by atoms with Gasteiger partial charge in [-0.3, -0.25) is 4.79 Å². The molecule has 130 valence electrons. The first-order valence-corrected chi connectivity index (χ1v) is 10.2. The van der Waals surface area contributed by atoms with Crippen LogP contribution in [0.3, 0.4) is 0 Å². The Morgan fingerprint density at radius 3 is 2.76 bits per heavy atom. The Morgan fingerprint density at radius 2 is 2.04 bits per heavy atom. The van der Waals surface area contributed by atoms with Crippen molar-refractivity contribution in [3.8, 4) is 0 Å². The molecule has 3 rings (SSSR count). The average Bonchev–Trinajstić information content (AvgIpc) is 2.91. The maximum absolute atomic E-state index is 13.9. The van der Waals surface area contributed by atoms with Gasteiger partial charge >= 0.3 is 0 Å². The molecule has 25 heavy (non-hydrogen) atoms. The molecule has 0 radical (unpaired) electrons. The summed E-state index contributed by atoms with van der Waals surface area (Å²) in [6, 6.07) is 10.2. The van der Waals surface area contributed by atoms with Gasteiger partial charge in [-0.15, -0.1) is 0 Å². The number of amides is 1. The van der Waals surface area contributed by atoms with Gasteiger partial charge < -0.3 is 4.57 Å². The molecule has 0 saturated heterocycles. The van der Waals surface area contributed by atoms with Crippen LogP contribution in [0.4, 0.5) is 4.39 Å². The first-order valence-electron chi connectivity index (χ1n) is 7.94. The third-order valence-electron chi connectivity index (χ3n) is 3.93. The van der Waals surface area contributed by atoms with Crippen molar-refractivity contribution in [2.24, 2.45) is 4.99 Å². The van der Waals surface area contributed by atoms with E-state index in [1.807, 2.05) is 6.26 Å². The van der Waals surface area contributed by atoms with Crippen molar-refractivity contribution in [2.75, 3.05) is 12.0 Å². The molecule has 1 amide bonds. The van der Waals surface area contributed by atoms with Crippen LogP contribution in [0.5, 0.6) is 0 Å². The lowest BCUT2D eigenvalue weighted by Gasteiger charge is -2.05. The van der Waals surface area contributed by atoms with Crippen LogP contribution in [0, 0.1) is 19.7 Å². The number of thioether (sulfide) groups is 1. The number of nitrogens with zero attached hydrogens (tertiary/aromatic N) is 2. The van der Waals surface area contributed by atoms with Gasteiger partial charge in [-0.25, -0.2) is 4.39 Å². The van der Waals surface area contributed by atoms with Gasteiger partial charge in [0.25, 0.3) is 5.91 Å². The Balaban J connectivity index is 2.19. The molecule has 3 aromatic rings. The minimum Gasteiger partial charge on any atom is -0.315 e. The number of carbonyl (C=O) groups is 1. The smallest absolute Gasteiger partial charge is 0.282 e. The summed E-state index contributed by atoms with van der Waals surface area (Å²) in [5.41, 5.74) is 3.42. The van der Waals surface area contributed by atoms with Gasteiger partial charge in [0.05, 0.1) is 15.8 Å². The lowest BCUT2D eigenvalue weighted by atomic mass is 10.1. The van der Waals surface area contributed by atoms with Crippen molar-refractivity contribution in [1.29, 1.82) is 0 Å². The van der Waals surface area contributed by atoms with E-state index in [9.17, 15) is 9.18 Å². The zero-order valence-corrected chi connectivity index (χ0v) is 16.0. The molecule has 0 saturated carbocycles. The summed E-state index contributed by atoms with van der Waals surface area (Å²) in [6.45, 7) is 4.88. The monoisotopic (exact) mass is 374 g/mol. The predicted molar refractivity (Wildman–Crippen MR) is 104 cm³/mol. The van der Waals surface area contributed by atoms with Crippen molar-refractivity contribution in [1.82, 2.24) is 4.57 Å². The molecule has 0 spiro atoms.